The maximum absolute atomic E-state index is 13.1. The van der Waals surface area contributed by atoms with Crippen molar-refractivity contribution in [2.75, 3.05) is 31.6 Å². The number of nitrogens with zero attached hydrogens (tertiary/aromatic N) is 3. The Balaban J connectivity index is 1.31. The van der Waals surface area contributed by atoms with E-state index in [1.165, 1.54) is 25.6 Å². The van der Waals surface area contributed by atoms with E-state index in [2.05, 4.69) is 22.3 Å². The summed E-state index contributed by atoms with van der Waals surface area (Å²) in [7, 11) is -2.41. The van der Waals surface area contributed by atoms with Crippen LogP contribution in [0.4, 0.5) is 5.69 Å². The molecule has 2 aliphatic rings. The van der Waals surface area contributed by atoms with Crippen molar-refractivity contribution < 1.29 is 18.0 Å². The molecule has 0 radical (unpaired) electrons. The Kier molecular flexibility index (Phi) is 7.59. The van der Waals surface area contributed by atoms with Gasteiger partial charge < -0.3 is 10.2 Å². The molecule has 1 saturated heterocycles. The zero-order valence-corrected chi connectivity index (χ0v) is 21.4. The van der Waals surface area contributed by atoms with E-state index < -0.39 is 10.0 Å². The van der Waals surface area contributed by atoms with Crippen LogP contribution in [0, 0.1) is 0 Å². The highest BCUT2D eigenvalue weighted by Gasteiger charge is 2.32. The highest BCUT2D eigenvalue weighted by Crippen LogP contribution is 2.34. The summed E-state index contributed by atoms with van der Waals surface area (Å²) in [6.45, 7) is 5.89. The summed E-state index contributed by atoms with van der Waals surface area (Å²) < 4.78 is 27.4. The molecule has 2 amide bonds. The van der Waals surface area contributed by atoms with Gasteiger partial charge in [0.25, 0.3) is 0 Å². The van der Waals surface area contributed by atoms with Gasteiger partial charge in [-0.15, -0.1) is 0 Å². The molecule has 0 saturated carbocycles. The van der Waals surface area contributed by atoms with Gasteiger partial charge in [-0.3, -0.25) is 14.5 Å². The topological polar surface area (TPSA) is 90.0 Å². The van der Waals surface area contributed by atoms with Crippen LogP contribution in [0.1, 0.15) is 37.8 Å². The number of carbonyl (C=O) groups excluding carboxylic acids is 2. The van der Waals surface area contributed by atoms with Crippen LogP contribution in [-0.4, -0.2) is 68.2 Å². The van der Waals surface area contributed by atoms with Crippen molar-refractivity contribution in [1.29, 1.82) is 0 Å². The number of carbonyl (C=O) groups is 2. The van der Waals surface area contributed by atoms with Gasteiger partial charge in [-0.1, -0.05) is 30.3 Å². The summed E-state index contributed by atoms with van der Waals surface area (Å²) in [5, 5.41) is 3.01. The zero-order chi connectivity index (χ0) is 25.2. The molecule has 2 heterocycles. The fraction of sp³-hybridized carbons (Fsp3) is 0.462. The first-order valence-corrected chi connectivity index (χ1v) is 13.5. The Labute approximate surface area is 207 Å². The van der Waals surface area contributed by atoms with Crippen LogP contribution in [0.15, 0.2) is 53.4 Å². The van der Waals surface area contributed by atoms with Crippen molar-refractivity contribution in [3.8, 4) is 0 Å². The number of sulfonamides is 1. The van der Waals surface area contributed by atoms with Crippen molar-refractivity contribution in [2.45, 2.75) is 56.6 Å². The molecule has 188 valence electrons. The quantitative estimate of drug-likeness (QED) is 0.633. The van der Waals surface area contributed by atoms with E-state index in [1.807, 2.05) is 25.1 Å². The van der Waals surface area contributed by atoms with E-state index >= 15 is 0 Å². The molecular weight excluding hydrogens is 464 g/mol. The predicted molar refractivity (Wildman–Crippen MR) is 135 cm³/mol. The molecule has 2 aromatic carbocycles. The molecule has 1 fully saturated rings. The van der Waals surface area contributed by atoms with Gasteiger partial charge in [0.15, 0.2) is 0 Å². The van der Waals surface area contributed by atoms with E-state index in [9.17, 15) is 18.0 Å². The van der Waals surface area contributed by atoms with Gasteiger partial charge >= 0.3 is 0 Å². The van der Waals surface area contributed by atoms with Gasteiger partial charge in [-0.2, -0.15) is 4.31 Å². The Morgan fingerprint density at radius 3 is 2.43 bits per heavy atom. The first-order valence-electron chi connectivity index (χ1n) is 12.1. The maximum atomic E-state index is 13.1. The third-order valence-electron chi connectivity index (χ3n) is 6.88. The average molecular weight is 499 g/mol. The average Bonchev–Trinajstić information content (AvgIpc) is 3.16. The maximum Gasteiger partial charge on any atom is 0.243 e. The smallest absolute Gasteiger partial charge is 0.243 e. The molecule has 1 atom stereocenters. The van der Waals surface area contributed by atoms with E-state index in [0.717, 1.165) is 48.0 Å². The number of hydrogen-bond acceptors (Lipinski definition) is 5. The normalized spacial score (nSPS) is 19.1. The van der Waals surface area contributed by atoms with Crippen LogP contribution in [-0.2, 0) is 32.6 Å². The number of benzene rings is 2. The van der Waals surface area contributed by atoms with Crippen LogP contribution in [0.3, 0.4) is 0 Å². The lowest BCUT2D eigenvalue weighted by Gasteiger charge is -2.32. The molecule has 4 rings (SSSR count). The molecule has 2 aliphatic heterocycles. The molecule has 2 aromatic rings. The van der Waals surface area contributed by atoms with E-state index in [0.29, 0.717) is 6.42 Å². The molecule has 1 unspecified atom stereocenters. The summed E-state index contributed by atoms with van der Waals surface area (Å²) >= 11 is 0. The second kappa shape index (κ2) is 10.5. The number of amides is 2. The van der Waals surface area contributed by atoms with Gasteiger partial charge in [-0.25, -0.2) is 8.42 Å². The Morgan fingerprint density at radius 2 is 1.77 bits per heavy atom. The van der Waals surface area contributed by atoms with Crippen LogP contribution in [0.2, 0.25) is 0 Å². The van der Waals surface area contributed by atoms with Crippen LogP contribution < -0.4 is 10.2 Å². The molecule has 9 heteroatoms. The Hall–Kier alpha value is -2.75. The van der Waals surface area contributed by atoms with Crippen molar-refractivity contribution in [1.82, 2.24) is 14.5 Å². The predicted octanol–water partition coefficient (Wildman–Crippen LogP) is 2.39. The minimum absolute atomic E-state index is 0.0110. The molecule has 35 heavy (non-hydrogen) atoms. The van der Waals surface area contributed by atoms with Gasteiger partial charge in [0.1, 0.15) is 0 Å². The largest absolute Gasteiger partial charge is 0.352 e. The Morgan fingerprint density at radius 1 is 1.09 bits per heavy atom. The first kappa shape index (κ1) is 25.3. The summed E-state index contributed by atoms with van der Waals surface area (Å²) in [4.78, 5) is 28.8. The third-order valence-corrected chi connectivity index (χ3v) is 8.68. The highest BCUT2D eigenvalue weighted by atomic mass is 32.2. The molecular formula is C26H34N4O4S. The number of rotatable bonds is 7. The summed E-state index contributed by atoms with van der Waals surface area (Å²) in [5.41, 5.74) is 2.86. The number of anilines is 1. The number of fused-ring (bicyclic) bond motifs is 1. The molecule has 1 N–H and O–H groups in total. The van der Waals surface area contributed by atoms with Gasteiger partial charge in [0.05, 0.1) is 11.4 Å². The lowest BCUT2D eigenvalue weighted by molar-refractivity contribution is -0.122. The van der Waals surface area contributed by atoms with Crippen molar-refractivity contribution in [3.63, 3.8) is 0 Å². The summed E-state index contributed by atoms with van der Waals surface area (Å²) in [6, 6.07) is 15.2. The third kappa shape index (κ3) is 5.74. The standard InChI is InChI=1S/C26H34N4O4S/c1-19-15-22-16-24(9-10-25(22)30(19)20(2)31)35(33,34)28(3)18-26(32)27-23-11-13-29(14-12-23)17-21-7-5-4-6-8-21/h4-10,16,19,23H,11-15,17-18H2,1-3H3,(H,27,32). The highest BCUT2D eigenvalue weighted by molar-refractivity contribution is 7.89. The monoisotopic (exact) mass is 498 g/mol. The van der Waals surface area contributed by atoms with Crippen LogP contribution in [0.5, 0.6) is 0 Å². The van der Waals surface area contributed by atoms with Gasteiger partial charge in [-0.05, 0) is 55.5 Å². The van der Waals surface area contributed by atoms with Crippen molar-refractivity contribution in [2.24, 2.45) is 0 Å². The fourth-order valence-electron chi connectivity index (χ4n) is 5.07. The van der Waals surface area contributed by atoms with Crippen molar-refractivity contribution >= 4 is 27.5 Å². The second-order valence-corrected chi connectivity index (χ2v) is 11.6. The van der Waals surface area contributed by atoms with Crippen LogP contribution in [0.25, 0.3) is 0 Å². The summed E-state index contributed by atoms with van der Waals surface area (Å²) in [6.07, 6.45) is 2.28. The van der Waals surface area contributed by atoms with Crippen molar-refractivity contribution in [3.05, 3.63) is 59.7 Å². The number of likely N-dealkylation sites (tertiary alicyclic amines) is 1. The minimum atomic E-state index is -3.83. The lowest BCUT2D eigenvalue weighted by atomic mass is 10.0. The van der Waals surface area contributed by atoms with E-state index in [-0.39, 0.29) is 35.3 Å². The Bertz CT molecular complexity index is 1180. The number of hydrogen-bond donors (Lipinski definition) is 1. The molecule has 0 aliphatic carbocycles. The SMILES string of the molecule is CC(=O)N1c2ccc(S(=O)(=O)N(C)CC(=O)NC3CCN(Cc4ccccc4)CC3)cc2CC1C. The molecule has 0 spiro atoms. The zero-order valence-electron chi connectivity index (χ0n) is 20.6. The minimum Gasteiger partial charge on any atom is -0.352 e. The fourth-order valence-corrected chi connectivity index (χ4v) is 6.24. The molecule has 0 bridgehead atoms. The van der Waals surface area contributed by atoms with E-state index in [1.54, 1.807) is 17.0 Å². The second-order valence-electron chi connectivity index (χ2n) is 9.60. The number of nitrogens with one attached hydrogen (secondary N) is 1. The number of likely N-dealkylation sites (N-methyl/N-ethyl adjacent to an activating group) is 1. The number of piperidine rings is 1. The van der Waals surface area contributed by atoms with E-state index in [4.69, 9.17) is 0 Å². The lowest BCUT2D eigenvalue weighted by Crippen LogP contribution is -2.47. The van der Waals surface area contributed by atoms with Crippen LogP contribution >= 0.6 is 0 Å². The summed E-state index contributed by atoms with van der Waals surface area (Å²) in [5.74, 6) is -0.360. The molecule has 8 nitrogen and oxygen atoms in total. The van der Waals surface area contributed by atoms with Gasteiger partial charge in [0, 0.05) is 51.4 Å². The van der Waals surface area contributed by atoms with Gasteiger partial charge in [0.2, 0.25) is 21.8 Å². The molecule has 0 aromatic heterocycles. The first-order chi connectivity index (χ1) is 16.6.